The van der Waals surface area contributed by atoms with Crippen molar-refractivity contribution in [2.24, 2.45) is 5.10 Å². The molecule has 0 aliphatic carbocycles. The number of fused-ring (bicyclic) bond motifs is 1. The molecule has 0 unspecified atom stereocenters. The largest absolute Gasteiger partial charge is 0.273 e. The van der Waals surface area contributed by atoms with Crippen LogP contribution in [0.1, 0.15) is 30.5 Å². The summed E-state index contributed by atoms with van der Waals surface area (Å²) < 4.78 is 13.2. The minimum Gasteiger partial charge on any atom is -0.273 e. The molecule has 5 heteroatoms. The summed E-state index contributed by atoms with van der Waals surface area (Å²) in [4.78, 5) is 16.4. The second-order valence-corrected chi connectivity index (χ2v) is 6.09. The Balaban J connectivity index is 1.71. The topological polar surface area (TPSA) is 45.6 Å². The predicted molar refractivity (Wildman–Crippen MR) is 94.6 cm³/mol. The van der Waals surface area contributed by atoms with Gasteiger partial charge in [0.2, 0.25) is 5.91 Å². The van der Waals surface area contributed by atoms with Crippen LogP contribution in [0.4, 0.5) is 4.39 Å². The lowest BCUT2D eigenvalue weighted by Crippen LogP contribution is -2.24. The number of hydrogen-bond acceptors (Lipinski definition) is 3. The molecule has 1 aromatic heterocycles. The fraction of sp³-hybridized carbons (Fsp3) is 0.150. The molecule has 4 nitrogen and oxygen atoms in total. The average molecular weight is 333 g/mol. The maximum Gasteiger partial charge on any atom is 0.240 e. The zero-order chi connectivity index (χ0) is 17.4. The molecule has 2 heterocycles. The van der Waals surface area contributed by atoms with E-state index in [0.717, 1.165) is 27.7 Å². The predicted octanol–water partition coefficient (Wildman–Crippen LogP) is 4.07. The highest BCUT2D eigenvalue weighted by Gasteiger charge is 2.31. The number of rotatable bonds is 2. The lowest BCUT2D eigenvalue weighted by molar-refractivity contribution is -0.130. The first-order valence-corrected chi connectivity index (χ1v) is 8.10. The highest BCUT2D eigenvalue weighted by atomic mass is 19.1. The molecule has 0 fully saturated rings. The van der Waals surface area contributed by atoms with E-state index in [1.807, 2.05) is 30.3 Å². The van der Waals surface area contributed by atoms with Gasteiger partial charge in [0.1, 0.15) is 5.82 Å². The molecule has 2 aromatic carbocycles. The number of hydrazone groups is 1. The van der Waals surface area contributed by atoms with E-state index < -0.39 is 0 Å². The van der Waals surface area contributed by atoms with E-state index >= 15 is 0 Å². The molecule has 25 heavy (non-hydrogen) atoms. The number of benzene rings is 2. The van der Waals surface area contributed by atoms with Gasteiger partial charge in [0, 0.05) is 24.9 Å². The van der Waals surface area contributed by atoms with Gasteiger partial charge in [-0.05, 0) is 41.5 Å². The number of amides is 1. The zero-order valence-electron chi connectivity index (χ0n) is 13.7. The Morgan fingerprint density at radius 2 is 1.96 bits per heavy atom. The first kappa shape index (κ1) is 15.4. The molecular formula is C20H16FN3O. The quantitative estimate of drug-likeness (QED) is 0.709. The van der Waals surface area contributed by atoms with Crippen LogP contribution < -0.4 is 0 Å². The summed E-state index contributed by atoms with van der Waals surface area (Å²) in [6.07, 6.45) is 2.35. The second-order valence-electron chi connectivity index (χ2n) is 6.09. The van der Waals surface area contributed by atoms with Gasteiger partial charge < -0.3 is 0 Å². The van der Waals surface area contributed by atoms with Crippen molar-refractivity contribution < 1.29 is 9.18 Å². The lowest BCUT2D eigenvalue weighted by Gasteiger charge is -2.20. The van der Waals surface area contributed by atoms with Gasteiger partial charge >= 0.3 is 0 Å². The van der Waals surface area contributed by atoms with Crippen molar-refractivity contribution in [2.45, 2.75) is 19.4 Å². The maximum absolute atomic E-state index is 13.2. The zero-order valence-corrected chi connectivity index (χ0v) is 13.7. The van der Waals surface area contributed by atoms with Gasteiger partial charge in [-0.3, -0.25) is 9.78 Å². The van der Waals surface area contributed by atoms with E-state index in [0.29, 0.717) is 6.42 Å². The number of halogens is 1. The molecule has 0 radical (unpaired) electrons. The Labute approximate surface area is 144 Å². The van der Waals surface area contributed by atoms with Crippen molar-refractivity contribution in [3.63, 3.8) is 0 Å². The Bertz CT molecular complexity index is 982. The number of carbonyl (C=O) groups is 1. The number of hydrogen-bond donors (Lipinski definition) is 0. The molecule has 0 bridgehead atoms. The van der Waals surface area contributed by atoms with Gasteiger partial charge in [0.15, 0.2) is 0 Å². The van der Waals surface area contributed by atoms with E-state index in [1.54, 1.807) is 18.3 Å². The number of pyridine rings is 1. The first-order chi connectivity index (χ1) is 12.1. The van der Waals surface area contributed by atoms with Crippen molar-refractivity contribution in [2.75, 3.05) is 0 Å². The summed E-state index contributed by atoms with van der Waals surface area (Å²) in [5.74, 6) is -0.405. The third kappa shape index (κ3) is 2.89. The number of aromatic nitrogens is 1. The monoisotopic (exact) mass is 333 g/mol. The number of nitrogens with zero attached hydrogens (tertiary/aromatic N) is 3. The van der Waals surface area contributed by atoms with Crippen LogP contribution in [0.5, 0.6) is 0 Å². The third-order valence-corrected chi connectivity index (χ3v) is 4.42. The molecule has 1 atom stereocenters. The summed E-state index contributed by atoms with van der Waals surface area (Å²) in [6, 6.07) is 15.9. The molecule has 1 aliphatic rings. The van der Waals surface area contributed by atoms with Crippen LogP contribution in [0.3, 0.4) is 0 Å². The summed E-state index contributed by atoms with van der Waals surface area (Å²) >= 11 is 0. The van der Waals surface area contributed by atoms with Crippen LogP contribution in [0.2, 0.25) is 0 Å². The van der Waals surface area contributed by atoms with E-state index in [1.165, 1.54) is 24.1 Å². The first-order valence-electron chi connectivity index (χ1n) is 8.10. The fourth-order valence-electron chi connectivity index (χ4n) is 3.18. The van der Waals surface area contributed by atoms with Crippen molar-refractivity contribution in [3.8, 4) is 0 Å². The van der Waals surface area contributed by atoms with Crippen LogP contribution in [-0.2, 0) is 4.79 Å². The van der Waals surface area contributed by atoms with E-state index in [9.17, 15) is 9.18 Å². The van der Waals surface area contributed by atoms with E-state index in [2.05, 4.69) is 10.1 Å². The molecule has 0 saturated heterocycles. The minimum atomic E-state index is -0.288. The maximum atomic E-state index is 13.2. The molecular weight excluding hydrogens is 317 g/mol. The summed E-state index contributed by atoms with van der Waals surface area (Å²) in [6.45, 7) is 1.51. The van der Waals surface area contributed by atoms with Crippen LogP contribution in [0.25, 0.3) is 10.9 Å². The molecule has 0 spiro atoms. The standard InChI is InChI=1S/C20H16FN3O/c1-13(25)24-20(12-19(23-24)14-4-7-17(21)8-5-14)16-6-9-18-15(11-16)3-2-10-22-18/h2-11,20H,12H2,1H3/t20-/m0/s1. The van der Waals surface area contributed by atoms with Crippen molar-refractivity contribution >= 4 is 22.5 Å². The molecule has 1 aliphatic heterocycles. The van der Waals surface area contributed by atoms with Crippen LogP contribution >= 0.6 is 0 Å². The third-order valence-electron chi connectivity index (χ3n) is 4.42. The molecule has 124 valence electrons. The average Bonchev–Trinajstić information content (AvgIpc) is 3.07. The summed E-state index contributed by atoms with van der Waals surface area (Å²) in [5.41, 5.74) is 3.54. The lowest BCUT2D eigenvalue weighted by atomic mass is 9.97. The Morgan fingerprint density at radius 1 is 1.16 bits per heavy atom. The van der Waals surface area contributed by atoms with Gasteiger partial charge in [0.25, 0.3) is 0 Å². The number of carbonyl (C=O) groups excluding carboxylic acids is 1. The minimum absolute atomic E-state index is 0.117. The molecule has 1 amide bonds. The normalized spacial score (nSPS) is 17.0. The Morgan fingerprint density at radius 3 is 2.72 bits per heavy atom. The summed E-state index contributed by atoms with van der Waals surface area (Å²) in [7, 11) is 0. The van der Waals surface area contributed by atoms with E-state index in [-0.39, 0.29) is 17.8 Å². The van der Waals surface area contributed by atoms with Gasteiger partial charge in [-0.15, -0.1) is 0 Å². The van der Waals surface area contributed by atoms with Gasteiger partial charge in [0.05, 0.1) is 17.3 Å². The van der Waals surface area contributed by atoms with Crippen molar-refractivity contribution in [1.29, 1.82) is 0 Å². The Hall–Kier alpha value is -3.08. The van der Waals surface area contributed by atoms with Gasteiger partial charge in [-0.2, -0.15) is 5.10 Å². The van der Waals surface area contributed by atoms with Crippen molar-refractivity contribution in [1.82, 2.24) is 9.99 Å². The van der Waals surface area contributed by atoms with Crippen LogP contribution in [-0.4, -0.2) is 21.6 Å². The van der Waals surface area contributed by atoms with Crippen molar-refractivity contribution in [3.05, 3.63) is 77.7 Å². The SMILES string of the molecule is CC(=O)N1N=C(c2ccc(F)cc2)C[C@H]1c1ccc2ncccc2c1. The Kier molecular flexibility index (Phi) is 3.76. The molecule has 0 saturated carbocycles. The second kappa shape index (κ2) is 6.09. The van der Waals surface area contributed by atoms with Crippen LogP contribution in [0, 0.1) is 5.82 Å². The van der Waals surface area contributed by atoms with Gasteiger partial charge in [-0.1, -0.05) is 24.3 Å². The summed E-state index contributed by atoms with van der Waals surface area (Å²) in [5, 5.41) is 7.02. The van der Waals surface area contributed by atoms with E-state index in [4.69, 9.17) is 0 Å². The van der Waals surface area contributed by atoms with Crippen LogP contribution in [0.15, 0.2) is 65.9 Å². The molecule has 3 aromatic rings. The smallest absolute Gasteiger partial charge is 0.240 e. The fourth-order valence-corrected chi connectivity index (χ4v) is 3.18. The highest BCUT2D eigenvalue weighted by molar-refractivity contribution is 6.03. The molecule has 4 rings (SSSR count). The highest BCUT2D eigenvalue weighted by Crippen LogP contribution is 2.33. The molecule has 0 N–H and O–H groups in total. The van der Waals surface area contributed by atoms with Gasteiger partial charge in [-0.25, -0.2) is 9.40 Å².